The van der Waals surface area contributed by atoms with E-state index in [4.69, 9.17) is 4.74 Å². The Balaban J connectivity index is 0.00000204. The van der Waals surface area contributed by atoms with E-state index in [9.17, 15) is 10.1 Å². The van der Waals surface area contributed by atoms with Crippen molar-refractivity contribution in [2.24, 2.45) is 25.9 Å². The number of hydrogen-bond donors (Lipinski definition) is 0. The van der Waals surface area contributed by atoms with Crippen LogP contribution in [0.15, 0.2) is 36.4 Å². The Hall–Kier alpha value is -3.55. The van der Waals surface area contributed by atoms with Gasteiger partial charge in [0.25, 0.3) is 11.8 Å². The second kappa shape index (κ2) is 13.7. The second-order valence-electron chi connectivity index (χ2n) is 13.3. The van der Waals surface area contributed by atoms with Crippen LogP contribution < -0.4 is 4.90 Å². The summed E-state index contributed by atoms with van der Waals surface area (Å²) in [5.41, 5.74) is 2.92. The molecule has 1 amide bonds. The molecule has 0 N–H and O–H groups in total. The Labute approximate surface area is 271 Å². The summed E-state index contributed by atoms with van der Waals surface area (Å²) in [7, 11) is 5.57. The summed E-state index contributed by atoms with van der Waals surface area (Å²) in [6.45, 7) is 7.98. The van der Waals surface area contributed by atoms with E-state index in [1.165, 1.54) is 0 Å². The first-order valence-corrected chi connectivity index (χ1v) is 16.6. The Morgan fingerprint density at radius 3 is 2.57 bits per heavy atom. The molecule has 3 heterocycles. The van der Waals surface area contributed by atoms with Gasteiger partial charge >= 0.3 is 0 Å². The van der Waals surface area contributed by atoms with E-state index in [1.54, 1.807) is 22.9 Å². The van der Waals surface area contributed by atoms with Gasteiger partial charge in [0.05, 0.1) is 19.2 Å². The number of nitrogens with zero attached hydrogens (tertiary/aromatic N) is 6. The van der Waals surface area contributed by atoms with Crippen LogP contribution in [0.4, 0.5) is 14.5 Å². The lowest BCUT2D eigenvalue weighted by atomic mass is 9.57. The van der Waals surface area contributed by atoms with Gasteiger partial charge < -0.3 is 9.64 Å². The third-order valence-electron chi connectivity index (χ3n) is 10.0. The molecule has 0 spiro atoms. The predicted molar refractivity (Wildman–Crippen MR) is 175 cm³/mol. The van der Waals surface area contributed by atoms with Crippen LogP contribution in [0.5, 0.6) is 0 Å². The number of fused-ring (bicyclic) bond motifs is 1. The molecule has 248 valence electrons. The number of nitriles is 1. The molecule has 0 bridgehead atoms. The van der Waals surface area contributed by atoms with Crippen molar-refractivity contribution in [2.75, 3.05) is 31.7 Å². The molecule has 1 saturated carbocycles. The van der Waals surface area contributed by atoms with E-state index in [2.05, 4.69) is 22.1 Å². The molecule has 10 heteroatoms. The van der Waals surface area contributed by atoms with E-state index in [1.807, 2.05) is 56.9 Å². The topological polar surface area (TPSA) is 79.3 Å². The molecule has 3 aromatic rings. The third kappa shape index (κ3) is 6.63. The van der Waals surface area contributed by atoms with Crippen molar-refractivity contribution in [3.05, 3.63) is 70.0 Å². The van der Waals surface area contributed by atoms with Crippen LogP contribution in [0.1, 0.15) is 91.3 Å². The van der Waals surface area contributed by atoms with Crippen molar-refractivity contribution in [1.82, 2.24) is 19.5 Å². The molecular formula is C36H48F2N6O2. The Kier molecular flexibility index (Phi) is 10.0. The SMILES string of the molecule is CC.COCC1CCCCN(Cc2cc3c(c(C(C)(F)F)c2)CN(c2cccc(C4(Cc5nn(C)n5C)CC(C#N)C4)c2)C3=O)C1. The highest BCUT2D eigenvalue weighted by Gasteiger charge is 2.47. The number of anilines is 1. The second-order valence-corrected chi connectivity index (χ2v) is 13.3. The molecule has 1 aromatic heterocycles. The van der Waals surface area contributed by atoms with Crippen LogP contribution in [-0.4, -0.2) is 52.2 Å². The first-order valence-electron chi connectivity index (χ1n) is 16.6. The van der Waals surface area contributed by atoms with Crippen molar-refractivity contribution in [1.29, 1.82) is 5.26 Å². The molecule has 6 rings (SSSR count). The number of halogens is 2. The number of rotatable bonds is 9. The number of amides is 1. The number of aryl methyl sites for hydroxylation is 1. The standard InChI is InChI=1S/C34H42F2N6O2.C2H6/c1-33(35,36)30-13-24(20-41-11-6-5-8-23(19-41)22-44-4)12-28-29(30)21-42(32(28)43)27-10-7-9-26(14-27)34(15-25(16-34)18-37)17-31-38-40(3)39(31)2;1-2/h7,9-10,12-14,23,25H,5-6,8,11,15-17,19-22H2,1-4H3;1-2H3. The summed E-state index contributed by atoms with van der Waals surface area (Å²) in [6.07, 6.45) is 5.41. The lowest BCUT2D eigenvalue weighted by Gasteiger charge is -2.46. The van der Waals surface area contributed by atoms with Crippen LogP contribution in [0.3, 0.4) is 0 Å². The molecule has 8 nitrogen and oxygen atoms in total. The zero-order valence-corrected chi connectivity index (χ0v) is 28.2. The van der Waals surface area contributed by atoms with Crippen molar-refractivity contribution in [3.8, 4) is 6.07 Å². The average Bonchev–Trinajstić information content (AvgIpc) is 3.19. The van der Waals surface area contributed by atoms with Gasteiger partial charge in [-0.3, -0.25) is 14.4 Å². The number of methoxy groups -OCH3 is 1. The number of alkyl halides is 2. The maximum absolute atomic E-state index is 15.1. The summed E-state index contributed by atoms with van der Waals surface area (Å²) < 4.78 is 37.6. The maximum Gasteiger partial charge on any atom is 0.270 e. The molecule has 2 aromatic carbocycles. The molecule has 3 aliphatic rings. The fraction of sp³-hybridized carbons (Fsp3) is 0.583. The van der Waals surface area contributed by atoms with Gasteiger partial charge in [0.15, 0.2) is 0 Å². The minimum Gasteiger partial charge on any atom is -0.384 e. The van der Waals surface area contributed by atoms with Gasteiger partial charge in [-0.25, -0.2) is 13.6 Å². The summed E-state index contributed by atoms with van der Waals surface area (Å²) in [5, 5.41) is 14.1. The van der Waals surface area contributed by atoms with Gasteiger partial charge in [-0.15, -0.1) is 5.10 Å². The maximum atomic E-state index is 15.1. The molecule has 2 fully saturated rings. The minimum absolute atomic E-state index is 0.0261. The zero-order chi connectivity index (χ0) is 33.2. The molecule has 0 radical (unpaired) electrons. The number of benzene rings is 2. The minimum atomic E-state index is -3.08. The Morgan fingerprint density at radius 2 is 1.91 bits per heavy atom. The molecule has 1 aliphatic carbocycles. The van der Waals surface area contributed by atoms with Crippen LogP contribution in [0, 0.1) is 23.2 Å². The fourth-order valence-corrected chi connectivity index (χ4v) is 7.59. The van der Waals surface area contributed by atoms with E-state index >= 15 is 8.78 Å². The summed E-state index contributed by atoms with van der Waals surface area (Å²) in [5.74, 6) is -1.99. The monoisotopic (exact) mass is 634 g/mol. The van der Waals surface area contributed by atoms with Gasteiger partial charge in [0.1, 0.15) is 5.82 Å². The van der Waals surface area contributed by atoms with Gasteiger partial charge in [0.2, 0.25) is 0 Å². The lowest BCUT2D eigenvalue weighted by molar-refractivity contribution is 0.0165. The lowest BCUT2D eigenvalue weighted by Crippen LogP contribution is -2.45. The largest absolute Gasteiger partial charge is 0.384 e. The Bertz CT molecular complexity index is 1580. The van der Waals surface area contributed by atoms with Crippen LogP contribution in [0.2, 0.25) is 0 Å². The summed E-state index contributed by atoms with van der Waals surface area (Å²) in [4.78, 5) is 19.7. The number of likely N-dealkylation sites (tertiary alicyclic amines) is 1. The highest BCUT2D eigenvalue weighted by atomic mass is 19.3. The van der Waals surface area contributed by atoms with E-state index in [-0.39, 0.29) is 29.3 Å². The third-order valence-corrected chi connectivity index (χ3v) is 10.0. The highest BCUT2D eigenvalue weighted by molar-refractivity contribution is 6.10. The van der Waals surface area contributed by atoms with Crippen LogP contribution in [0.25, 0.3) is 0 Å². The first-order chi connectivity index (χ1) is 22.0. The molecule has 1 unspecified atom stereocenters. The predicted octanol–water partition coefficient (Wildman–Crippen LogP) is 6.72. The first kappa shape index (κ1) is 33.8. The van der Waals surface area contributed by atoms with Gasteiger partial charge in [0, 0.05) is 75.8 Å². The van der Waals surface area contributed by atoms with Crippen molar-refractivity contribution >= 4 is 11.6 Å². The zero-order valence-electron chi connectivity index (χ0n) is 28.2. The van der Waals surface area contributed by atoms with Gasteiger partial charge in [-0.2, -0.15) is 5.26 Å². The summed E-state index contributed by atoms with van der Waals surface area (Å²) in [6, 6.07) is 13.7. The van der Waals surface area contributed by atoms with Gasteiger partial charge in [-0.1, -0.05) is 32.4 Å². The number of carbonyl (C=O) groups excluding carboxylic acids is 1. The van der Waals surface area contributed by atoms with E-state index in [0.29, 0.717) is 42.3 Å². The number of aromatic nitrogens is 3. The van der Waals surface area contributed by atoms with Crippen LogP contribution in [-0.2, 0) is 49.7 Å². The quantitative estimate of drug-likeness (QED) is 0.261. The van der Waals surface area contributed by atoms with E-state index in [0.717, 1.165) is 69.1 Å². The molecule has 46 heavy (non-hydrogen) atoms. The average molecular weight is 635 g/mol. The van der Waals surface area contributed by atoms with Gasteiger partial charge in [-0.05, 0) is 79.1 Å². The smallest absolute Gasteiger partial charge is 0.270 e. The van der Waals surface area contributed by atoms with Crippen LogP contribution >= 0.6 is 0 Å². The molecule has 1 atom stereocenters. The number of hydrogen-bond acceptors (Lipinski definition) is 5. The Morgan fingerprint density at radius 1 is 1.15 bits per heavy atom. The number of ether oxygens (including phenoxy) is 1. The van der Waals surface area contributed by atoms with Crippen molar-refractivity contribution in [2.45, 2.75) is 83.7 Å². The molecule has 1 saturated heterocycles. The van der Waals surface area contributed by atoms with Crippen molar-refractivity contribution < 1.29 is 18.3 Å². The van der Waals surface area contributed by atoms with Crippen molar-refractivity contribution in [3.63, 3.8) is 0 Å². The van der Waals surface area contributed by atoms with E-state index < -0.39 is 5.92 Å². The highest BCUT2D eigenvalue weighted by Crippen LogP contribution is 2.50. The fourth-order valence-electron chi connectivity index (χ4n) is 7.59. The number of carbonyl (C=O) groups is 1. The summed E-state index contributed by atoms with van der Waals surface area (Å²) >= 11 is 0. The molecule has 2 aliphatic heterocycles. The normalized spacial score (nSPS) is 23.3. The molecular weight excluding hydrogens is 586 g/mol.